The molecule has 84 valence electrons. The zero-order valence-electron chi connectivity index (χ0n) is 8.68. The van der Waals surface area contributed by atoms with Crippen molar-refractivity contribution in [2.24, 2.45) is 0 Å². The van der Waals surface area contributed by atoms with Gasteiger partial charge in [0.05, 0.1) is 12.2 Å². The highest BCUT2D eigenvalue weighted by molar-refractivity contribution is 7.11. The quantitative estimate of drug-likeness (QED) is 0.755. The summed E-state index contributed by atoms with van der Waals surface area (Å²) < 4.78 is 4.12. The summed E-state index contributed by atoms with van der Waals surface area (Å²) in [5.74, 6) is 0.525. The first-order chi connectivity index (χ1) is 7.83. The van der Waals surface area contributed by atoms with Crippen LogP contribution in [0.3, 0.4) is 0 Å². The summed E-state index contributed by atoms with van der Waals surface area (Å²) in [6, 6.07) is 9.86. The Balaban J connectivity index is 2.35. The minimum absolute atomic E-state index is 0.0893. The van der Waals surface area contributed by atoms with Crippen LogP contribution in [0.1, 0.15) is 0 Å². The maximum atomic E-state index is 8.79. The van der Waals surface area contributed by atoms with Crippen molar-refractivity contribution in [3.63, 3.8) is 0 Å². The second-order valence-electron chi connectivity index (χ2n) is 3.29. The largest absolute Gasteiger partial charge is 0.395 e. The molecular weight excluding hydrogens is 222 g/mol. The second kappa shape index (κ2) is 4.96. The highest BCUT2D eigenvalue weighted by Crippen LogP contribution is 2.36. The molecule has 0 saturated carbocycles. The van der Waals surface area contributed by atoms with E-state index in [1.54, 1.807) is 0 Å². The molecule has 0 bridgehead atoms. The van der Waals surface area contributed by atoms with E-state index >= 15 is 0 Å². The van der Waals surface area contributed by atoms with Crippen LogP contribution in [0.2, 0.25) is 0 Å². The van der Waals surface area contributed by atoms with Gasteiger partial charge in [-0.25, -0.2) is 0 Å². The number of aliphatic hydroxyl groups is 1. The average Bonchev–Trinajstić information content (AvgIpc) is 2.69. The van der Waals surface area contributed by atoms with E-state index in [4.69, 9.17) is 10.8 Å². The Kier molecular flexibility index (Phi) is 3.38. The number of nitrogens with zero attached hydrogens (tertiary/aromatic N) is 1. The van der Waals surface area contributed by atoms with Gasteiger partial charge >= 0.3 is 0 Å². The lowest BCUT2D eigenvalue weighted by molar-refractivity contribution is 0.311. The van der Waals surface area contributed by atoms with Gasteiger partial charge in [0.25, 0.3) is 0 Å². The highest BCUT2D eigenvalue weighted by atomic mass is 32.1. The Morgan fingerprint density at radius 3 is 2.75 bits per heavy atom. The molecule has 4 N–H and O–H groups in total. The van der Waals surface area contributed by atoms with Crippen LogP contribution in [0.5, 0.6) is 0 Å². The molecule has 4 nitrogen and oxygen atoms in total. The molecule has 0 atom stereocenters. The van der Waals surface area contributed by atoms with Gasteiger partial charge in [-0.05, 0) is 17.1 Å². The smallest absolute Gasteiger partial charge is 0.147 e. The monoisotopic (exact) mass is 235 g/mol. The summed E-state index contributed by atoms with van der Waals surface area (Å²) in [5, 5.41) is 12.8. The average molecular weight is 235 g/mol. The standard InChI is InChI=1S/C11H13N3OS/c12-10-9(8-4-2-1-3-5-8)11(16-14-10)13-6-7-15/h1-5,13,15H,6-7H2,(H2,12,14). The Hall–Kier alpha value is -1.59. The zero-order chi connectivity index (χ0) is 11.4. The predicted octanol–water partition coefficient (Wildman–Crippen LogP) is 1.80. The molecule has 16 heavy (non-hydrogen) atoms. The van der Waals surface area contributed by atoms with E-state index in [0.29, 0.717) is 12.4 Å². The van der Waals surface area contributed by atoms with Crippen molar-refractivity contribution in [3.05, 3.63) is 30.3 Å². The minimum atomic E-state index is 0.0893. The summed E-state index contributed by atoms with van der Waals surface area (Å²) >= 11 is 1.31. The summed E-state index contributed by atoms with van der Waals surface area (Å²) in [6.45, 7) is 0.591. The van der Waals surface area contributed by atoms with Crippen LogP contribution in [0.25, 0.3) is 11.1 Å². The molecule has 0 unspecified atom stereocenters. The third-order valence-corrected chi connectivity index (χ3v) is 3.00. The van der Waals surface area contributed by atoms with E-state index in [0.717, 1.165) is 16.1 Å². The van der Waals surface area contributed by atoms with Gasteiger partial charge in [0.1, 0.15) is 10.8 Å². The normalized spacial score (nSPS) is 10.3. The number of nitrogen functional groups attached to an aromatic ring is 1. The number of hydrogen-bond acceptors (Lipinski definition) is 5. The number of benzene rings is 1. The molecule has 0 saturated heterocycles. The number of rotatable bonds is 4. The van der Waals surface area contributed by atoms with Crippen molar-refractivity contribution in [2.45, 2.75) is 0 Å². The number of nitrogens with two attached hydrogens (primary N) is 1. The van der Waals surface area contributed by atoms with Crippen LogP contribution < -0.4 is 11.1 Å². The summed E-state index contributed by atoms with van der Waals surface area (Å²) in [4.78, 5) is 0. The van der Waals surface area contributed by atoms with E-state index in [2.05, 4.69) is 9.69 Å². The van der Waals surface area contributed by atoms with Crippen LogP contribution in [0.15, 0.2) is 30.3 Å². The predicted molar refractivity (Wildman–Crippen MR) is 67.5 cm³/mol. The van der Waals surface area contributed by atoms with Crippen molar-refractivity contribution in [1.29, 1.82) is 0 Å². The van der Waals surface area contributed by atoms with Gasteiger partial charge in [-0.1, -0.05) is 30.3 Å². The van der Waals surface area contributed by atoms with Gasteiger partial charge in [0, 0.05) is 6.54 Å². The van der Waals surface area contributed by atoms with Crippen molar-refractivity contribution in [1.82, 2.24) is 4.37 Å². The molecule has 1 aromatic carbocycles. The number of anilines is 2. The van der Waals surface area contributed by atoms with Crippen LogP contribution in [0, 0.1) is 0 Å². The van der Waals surface area contributed by atoms with Gasteiger partial charge in [0.2, 0.25) is 0 Å². The van der Waals surface area contributed by atoms with Crippen LogP contribution in [0.4, 0.5) is 10.8 Å². The van der Waals surface area contributed by atoms with Crippen LogP contribution in [-0.4, -0.2) is 22.6 Å². The summed E-state index contributed by atoms with van der Waals surface area (Å²) in [7, 11) is 0. The highest BCUT2D eigenvalue weighted by Gasteiger charge is 2.12. The fraction of sp³-hybridized carbons (Fsp3) is 0.182. The molecule has 0 spiro atoms. The lowest BCUT2D eigenvalue weighted by Gasteiger charge is -2.05. The molecule has 5 heteroatoms. The molecule has 1 heterocycles. The fourth-order valence-electron chi connectivity index (χ4n) is 1.48. The Labute approximate surface area is 97.9 Å². The second-order valence-corrected chi connectivity index (χ2v) is 4.06. The van der Waals surface area contributed by atoms with E-state index in [9.17, 15) is 0 Å². The van der Waals surface area contributed by atoms with E-state index in [-0.39, 0.29) is 6.61 Å². The van der Waals surface area contributed by atoms with E-state index in [1.807, 2.05) is 30.3 Å². The third kappa shape index (κ3) is 2.15. The summed E-state index contributed by atoms with van der Waals surface area (Å²) in [6.07, 6.45) is 0. The first-order valence-electron chi connectivity index (χ1n) is 4.98. The third-order valence-electron chi connectivity index (χ3n) is 2.18. The molecule has 0 amide bonds. The minimum Gasteiger partial charge on any atom is -0.395 e. The van der Waals surface area contributed by atoms with Crippen molar-refractivity contribution in [2.75, 3.05) is 24.2 Å². The van der Waals surface area contributed by atoms with E-state index in [1.165, 1.54) is 11.5 Å². The Bertz CT molecular complexity index is 456. The number of hydrogen-bond donors (Lipinski definition) is 3. The van der Waals surface area contributed by atoms with Crippen LogP contribution >= 0.6 is 11.5 Å². The maximum Gasteiger partial charge on any atom is 0.147 e. The number of aliphatic hydroxyl groups excluding tert-OH is 1. The van der Waals surface area contributed by atoms with Gasteiger partial charge in [-0.3, -0.25) is 0 Å². The first kappa shape index (κ1) is 10.9. The molecule has 0 aliphatic carbocycles. The lowest BCUT2D eigenvalue weighted by Crippen LogP contribution is -2.05. The van der Waals surface area contributed by atoms with Crippen LogP contribution in [-0.2, 0) is 0 Å². The molecule has 2 aromatic rings. The van der Waals surface area contributed by atoms with Gasteiger partial charge in [-0.2, -0.15) is 4.37 Å². The fourth-order valence-corrected chi connectivity index (χ4v) is 2.24. The molecule has 0 radical (unpaired) electrons. The molecular formula is C11H13N3OS. The molecule has 0 fully saturated rings. The van der Waals surface area contributed by atoms with Crippen molar-refractivity contribution >= 4 is 22.4 Å². The van der Waals surface area contributed by atoms with Crippen molar-refractivity contribution < 1.29 is 5.11 Å². The Morgan fingerprint density at radius 2 is 2.06 bits per heavy atom. The first-order valence-corrected chi connectivity index (χ1v) is 5.75. The number of aromatic nitrogens is 1. The molecule has 0 aliphatic rings. The SMILES string of the molecule is Nc1nsc(NCCO)c1-c1ccccc1. The maximum absolute atomic E-state index is 8.79. The lowest BCUT2D eigenvalue weighted by atomic mass is 10.1. The van der Waals surface area contributed by atoms with Gasteiger partial charge in [0.15, 0.2) is 0 Å². The number of nitrogens with one attached hydrogen (secondary N) is 1. The summed E-state index contributed by atoms with van der Waals surface area (Å²) in [5.41, 5.74) is 7.79. The van der Waals surface area contributed by atoms with Crippen molar-refractivity contribution in [3.8, 4) is 11.1 Å². The molecule has 0 aliphatic heterocycles. The van der Waals surface area contributed by atoms with E-state index < -0.39 is 0 Å². The zero-order valence-corrected chi connectivity index (χ0v) is 9.50. The Morgan fingerprint density at radius 1 is 1.31 bits per heavy atom. The topological polar surface area (TPSA) is 71.2 Å². The molecule has 1 aromatic heterocycles. The van der Waals surface area contributed by atoms with Gasteiger partial charge in [-0.15, -0.1) is 0 Å². The molecule has 2 rings (SSSR count). The van der Waals surface area contributed by atoms with Gasteiger partial charge < -0.3 is 16.2 Å².